The Kier molecular flexibility index (Phi) is 3.12. The number of nitrogens with zero attached hydrogens (tertiary/aromatic N) is 3. The fourth-order valence-corrected chi connectivity index (χ4v) is 2.12. The Morgan fingerprint density at radius 3 is 2.60 bits per heavy atom. The molecule has 1 aromatic carbocycles. The van der Waals surface area contributed by atoms with E-state index in [0.29, 0.717) is 22.7 Å². The van der Waals surface area contributed by atoms with Gasteiger partial charge in [0.2, 0.25) is 5.91 Å². The largest absolute Gasteiger partial charge is 0.366 e. The van der Waals surface area contributed by atoms with Gasteiger partial charge in [0.05, 0.1) is 5.56 Å². The number of fused-ring (bicyclic) bond motifs is 1. The number of hydrogen-bond acceptors (Lipinski definition) is 3. The molecule has 0 atom stereocenters. The van der Waals surface area contributed by atoms with Gasteiger partial charge in [-0.3, -0.25) is 9.20 Å². The molecule has 0 aliphatic carbocycles. The summed E-state index contributed by atoms with van der Waals surface area (Å²) < 4.78 is 1.77. The summed E-state index contributed by atoms with van der Waals surface area (Å²) in [5.74, 6) is 0.267. The topological polar surface area (TPSA) is 73.3 Å². The third-order valence-corrected chi connectivity index (χ3v) is 3.28. The number of benzene rings is 1. The van der Waals surface area contributed by atoms with Crippen molar-refractivity contribution in [2.45, 2.75) is 6.42 Å². The smallest absolute Gasteiger partial charge is 0.250 e. The highest BCUT2D eigenvalue weighted by Gasteiger charge is 2.09. The average Bonchev–Trinajstić information content (AvgIpc) is 2.84. The second-order valence-electron chi connectivity index (χ2n) is 4.43. The molecule has 0 bridgehead atoms. The lowest BCUT2D eigenvalue weighted by Gasteiger charge is -2.02. The first-order valence-electron chi connectivity index (χ1n) is 6.01. The van der Waals surface area contributed by atoms with Gasteiger partial charge in [-0.05, 0) is 29.8 Å². The highest BCUT2D eigenvalue weighted by atomic mass is 35.5. The van der Waals surface area contributed by atoms with Gasteiger partial charge in [-0.25, -0.2) is 0 Å². The highest BCUT2D eigenvalue weighted by molar-refractivity contribution is 6.30. The molecule has 0 fully saturated rings. The summed E-state index contributed by atoms with van der Waals surface area (Å²) in [4.78, 5) is 11.2. The van der Waals surface area contributed by atoms with Crippen molar-refractivity contribution < 1.29 is 4.79 Å². The Morgan fingerprint density at radius 2 is 1.90 bits per heavy atom. The fourth-order valence-electron chi connectivity index (χ4n) is 1.99. The molecule has 20 heavy (non-hydrogen) atoms. The number of rotatable bonds is 3. The van der Waals surface area contributed by atoms with Crippen molar-refractivity contribution in [3.63, 3.8) is 0 Å². The Bertz CT molecular complexity index is 779. The van der Waals surface area contributed by atoms with Gasteiger partial charge >= 0.3 is 0 Å². The van der Waals surface area contributed by atoms with Crippen LogP contribution in [0.4, 0.5) is 0 Å². The number of hydrogen-bond donors (Lipinski definition) is 1. The molecule has 3 rings (SSSR count). The van der Waals surface area contributed by atoms with Crippen molar-refractivity contribution in [3.8, 4) is 0 Å². The molecule has 2 heterocycles. The van der Waals surface area contributed by atoms with E-state index in [4.69, 9.17) is 17.3 Å². The summed E-state index contributed by atoms with van der Waals surface area (Å²) in [6, 6.07) is 10.9. The number of aromatic nitrogens is 3. The van der Waals surface area contributed by atoms with E-state index in [1.54, 1.807) is 22.7 Å². The first-order valence-corrected chi connectivity index (χ1v) is 6.39. The summed E-state index contributed by atoms with van der Waals surface area (Å²) in [6.45, 7) is 0. The normalized spacial score (nSPS) is 10.8. The van der Waals surface area contributed by atoms with Gasteiger partial charge in [0.25, 0.3) is 0 Å². The molecular formula is C14H11ClN4O. The van der Waals surface area contributed by atoms with E-state index < -0.39 is 5.91 Å². The lowest BCUT2D eigenvalue weighted by atomic mass is 10.1. The van der Waals surface area contributed by atoms with E-state index in [-0.39, 0.29) is 0 Å². The second kappa shape index (κ2) is 4.94. The predicted octanol–water partition coefficient (Wildman–Crippen LogP) is 2.07. The van der Waals surface area contributed by atoms with E-state index in [9.17, 15) is 4.79 Å². The first kappa shape index (κ1) is 12.6. The maximum absolute atomic E-state index is 11.2. The lowest BCUT2D eigenvalue weighted by molar-refractivity contribution is 0.1000. The molecule has 0 unspecified atom stereocenters. The third kappa shape index (κ3) is 2.35. The van der Waals surface area contributed by atoms with Crippen molar-refractivity contribution in [2.75, 3.05) is 0 Å². The van der Waals surface area contributed by atoms with E-state index in [0.717, 1.165) is 11.4 Å². The quantitative estimate of drug-likeness (QED) is 0.801. The van der Waals surface area contributed by atoms with Crippen molar-refractivity contribution in [2.24, 2.45) is 5.73 Å². The number of halogens is 1. The number of pyridine rings is 1. The van der Waals surface area contributed by atoms with Crippen LogP contribution in [0.25, 0.3) is 5.65 Å². The summed E-state index contributed by atoms with van der Waals surface area (Å²) in [5.41, 5.74) is 7.45. The van der Waals surface area contributed by atoms with Gasteiger partial charge in [-0.2, -0.15) is 0 Å². The molecule has 3 aromatic rings. The van der Waals surface area contributed by atoms with Gasteiger partial charge in [0.1, 0.15) is 5.82 Å². The SMILES string of the molecule is NC(=O)c1ccc2nnc(Cc3ccc(Cl)cc3)n2c1. The molecule has 1 amide bonds. The molecule has 0 saturated heterocycles. The third-order valence-electron chi connectivity index (χ3n) is 3.03. The van der Waals surface area contributed by atoms with Crippen LogP contribution in [-0.2, 0) is 6.42 Å². The van der Waals surface area contributed by atoms with Gasteiger partial charge < -0.3 is 5.73 Å². The Morgan fingerprint density at radius 1 is 1.15 bits per heavy atom. The van der Waals surface area contributed by atoms with Crippen LogP contribution < -0.4 is 5.73 Å². The Labute approximate surface area is 120 Å². The maximum atomic E-state index is 11.2. The minimum absolute atomic E-state index is 0.426. The number of carbonyl (C=O) groups is 1. The highest BCUT2D eigenvalue weighted by Crippen LogP contribution is 2.14. The van der Waals surface area contributed by atoms with E-state index in [1.807, 2.05) is 24.3 Å². The lowest BCUT2D eigenvalue weighted by Crippen LogP contribution is -2.12. The molecule has 0 spiro atoms. The van der Waals surface area contributed by atoms with E-state index in [1.165, 1.54) is 0 Å². The van der Waals surface area contributed by atoms with Crippen molar-refractivity contribution in [1.29, 1.82) is 0 Å². The van der Waals surface area contributed by atoms with Crippen molar-refractivity contribution in [1.82, 2.24) is 14.6 Å². The van der Waals surface area contributed by atoms with Gasteiger partial charge in [0, 0.05) is 17.6 Å². The molecular weight excluding hydrogens is 276 g/mol. The zero-order chi connectivity index (χ0) is 14.1. The molecule has 0 aliphatic heterocycles. The molecule has 5 nitrogen and oxygen atoms in total. The fraction of sp³-hybridized carbons (Fsp3) is 0.0714. The van der Waals surface area contributed by atoms with E-state index >= 15 is 0 Å². The first-order chi connectivity index (χ1) is 9.63. The van der Waals surface area contributed by atoms with Gasteiger partial charge in [-0.1, -0.05) is 23.7 Å². The number of carbonyl (C=O) groups excluding carboxylic acids is 1. The monoisotopic (exact) mass is 286 g/mol. The predicted molar refractivity (Wildman–Crippen MR) is 75.8 cm³/mol. The zero-order valence-electron chi connectivity index (χ0n) is 10.5. The van der Waals surface area contributed by atoms with Gasteiger partial charge in [0.15, 0.2) is 5.65 Å². The van der Waals surface area contributed by atoms with Crippen LogP contribution in [0.1, 0.15) is 21.7 Å². The zero-order valence-corrected chi connectivity index (χ0v) is 11.2. The van der Waals surface area contributed by atoms with Crippen LogP contribution >= 0.6 is 11.6 Å². The molecule has 100 valence electrons. The van der Waals surface area contributed by atoms with Crippen LogP contribution in [0.3, 0.4) is 0 Å². The molecule has 0 radical (unpaired) electrons. The second-order valence-corrected chi connectivity index (χ2v) is 4.87. The maximum Gasteiger partial charge on any atom is 0.250 e. The standard InChI is InChI=1S/C14H11ClN4O/c15-11-4-1-9(2-5-11)7-13-18-17-12-6-3-10(14(16)20)8-19(12)13/h1-6,8H,7H2,(H2,16,20). The van der Waals surface area contributed by atoms with Crippen LogP contribution in [-0.4, -0.2) is 20.5 Å². The van der Waals surface area contributed by atoms with Crippen LogP contribution in [0.15, 0.2) is 42.6 Å². The minimum Gasteiger partial charge on any atom is -0.366 e. The summed E-state index contributed by atoms with van der Waals surface area (Å²) in [7, 11) is 0. The van der Waals surface area contributed by atoms with Gasteiger partial charge in [-0.15, -0.1) is 10.2 Å². The Hall–Kier alpha value is -2.40. The molecule has 6 heteroatoms. The summed E-state index contributed by atoms with van der Waals surface area (Å²) in [6.07, 6.45) is 2.25. The van der Waals surface area contributed by atoms with Crippen molar-refractivity contribution in [3.05, 3.63) is 64.6 Å². The van der Waals surface area contributed by atoms with E-state index in [2.05, 4.69) is 10.2 Å². The number of primary amides is 1. The van der Waals surface area contributed by atoms with Crippen LogP contribution in [0.2, 0.25) is 5.02 Å². The molecule has 2 aromatic heterocycles. The minimum atomic E-state index is -0.474. The average molecular weight is 287 g/mol. The molecule has 0 aliphatic rings. The molecule has 2 N–H and O–H groups in total. The Balaban J connectivity index is 2.00. The summed E-state index contributed by atoms with van der Waals surface area (Å²) >= 11 is 5.86. The number of amides is 1. The van der Waals surface area contributed by atoms with Crippen LogP contribution in [0.5, 0.6) is 0 Å². The van der Waals surface area contributed by atoms with Crippen molar-refractivity contribution >= 4 is 23.2 Å². The number of nitrogens with two attached hydrogens (primary N) is 1. The van der Waals surface area contributed by atoms with Crippen LogP contribution in [0, 0.1) is 0 Å². The summed E-state index contributed by atoms with van der Waals surface area (Å²) in [5, 5.41) is 8.90. The molecule has 0 saturated carbocycles.